The minimum Gasteiger partial charge on any atom is -0.461 e. The molecule has 1 aliphatic heterocycles. The topological polar surface area (TPSA) is 34.7 Å². The third kappa shape index (κ3) is 1.98. The zero-order chi connectivity index (χ0) is 9.10. The molecular formula is C10H14NO2+. The molecule has 13 heavy (non-hydrogen) atoms. The molecule has 0 radical (unpaired) electrons. The molecule has 1 saturated heterocycles. The minimum atomic E-state index is 0.127. The largest absolute Gasteiger partial charge is 0.461 e. The molecule has 0 atom stereocenters. The summed E-state index contributed by atoms with van der Waals surface area (Å²) in [5.74, 6) is 0.626. The molecule has 2 rings (SSSR count). The maximum atomic E-state index is 11.5. The minimum absolute atomic E-state index is 0.127. The highest BCUT2D eigenvalue weighted by molar-refractivity contribution is 5.94. The molecular weight excluding hydrogens is 166 g/mol. The van der Waals surface area contributed by atoms with Crippen molar-refractivity contribution in [1.82, 2.24) is 0 Å². The Morgan fingerprint density at radius 1 is 1.46 bits per heavy atom. The van der Waals surface area contributed by atoms with Gasteiger partial charge in [0.2, 0.25) is 0 Å². The predicted octanol–water partition coefficient (Wildman–Crippen LogP) is 0.141. The van der Waals surface area contributed by atoms with Gasteiger partial charge >= 0.3 is 0 Å². The number of nitrogens with one attached hydrogen (secondary N) is 1. The van der Waals surface area contributed by atoms with E-state index in [1.165, 1.54) is 17.7 Å². The number of likely N-dealkylation sites (tertiary alicyclic amines) is 1. The fourth-order valence-corrected chi connectivity index (χ4v) is 1.80. The van der Waals surface area contributed by atoms with E-state index in [1.54, 1.807) is 18.4 Å². The normalized spacial score (nSPS) is 17.8. The third-order valence-corrected chi connectivity index (χ3v) is 2.52. The molecule has 0 aromatic carbocycles. The first-order valence-electron chi connectivity index (χ1n) is 4.76. The maximum Gasteiger partial charge on any atom is 0.251 e. The van der Waals surface area contributed by atoms with E-state index in [0.29, 0.717) is 12.3 Å². The van der Waals surface area contributed by atoms with Crippen molar-refractivity contribution < 1.29 is 14.1 Å². The van der Waals surface area contributed by atoms with Gasteiger partial charge in [0.05, 0.1) is 19.4 Å². The van der Waals surface area contributed by atoms with Crippen molar-refractivity contribution in [1.29, 1.82) is 0 Å². The summed E-state index contributed by atoms with van der Waals surface area (Å²) < 4.78 is 5.04. The molecule has 1 N–H and O–H groups in total. The summed E-state index contributed by atoms with van der Waals surface area (Å²) in [7, 11) is 0. The first-order valence-corrected chi connectivity index (χ1v) is 4.76. The van der Waals surface area contributed by atoms with Crippen LogP contribution in [-0.2, 0) is 0 Å². The molecule has 70 valence electrons. The second-order valence-corrected chi connectivity index (χ2v) is 3.53. The first kappa shape index (κ1) is 8.51. The summed E-state index contributed by atoms with van der Waals surface area (Å²) >= 11 is 0. The van der Waals surface area contributed by atoms with E-state index < -0.39 is 0 Å². The van der Waals surface area contributed by atoms with Crippen LogP contribution in [0.2, 0.25) is 0 Å². The Morgan fingerprint density at radius 2 is 2.23 bits per heavy atom. The molecule has 0 saturated carbocycles. The lowest BCUT2D eigenvalue weighted by Crippen LogP contribution is -3.10. The van der Waals surface area contributed by atoms with Gasteiger partial charge in [-0.3, -0.25) is 4.79 Å². The zero-order valence-electron chi connectivity index (χ0n) is 7.58. The summed E-state index contributed by atoms with van der Waals surface area (Å²) in [5, 5.41) is 0. The number of ketones is 1. The van der Waals surface area contributed by atoms with Gasteiger partial charge in [0, 0.05) is 12.8 Å². The Balaban J connectivity index is 1.91. The van der Waals surface area contributed by atoms with Crippen LogP contribution in [-0.4, -0.2) is 25.4 Å². The van der Waals surface area contributed by atoms with Gasteiger partial charge in [0.25, 0.3) is 5.78 Å². The second kappa shape index (κ2) is 3.75. The summed E-state index contributed by atoms with van der Waals surface area (Å²) in [6.45, 7) is 2.85. The average molecular weight is 180 g/mol. The number of carbonyl (C=O) groups excluding carboxylic acids is 1. The summed E-state index contributed by atoms with van der Waals surface area (Å²) in [6.07, 6.45) is 4.05. The Hall–Kier alpha value is -1.09. The van der Waals surface area contributed by atoms with E-state index in [-0.39, 0.29) is 5.78 Å². The van der Waals surface area contributed by atoms with E-state index in [2.05, 4.69) is 0 Å². The molecule has 3 heteroatoms. The van der Waals surface area contributed by atoms with Crippen molar-refractivity contribution in [2.75, 3.05) is 19.6 Å². The monoisotopic (exact) mass is 180 g/mol. The van der Waals surface area contributed by atoms with Crippen molar-refractivity contribution in [2.45, 2.75) is 12.8 Å². The lowest BCUT2D eigenvalue weighted by Gasteiger charge is -2.08. The van der Waals surface area contributed by atoms with Crippen LogP contribution in [0, 0.1) is 0 Å². The van der Waals surface area contributed by atoms with Gasteiger partial charge in [-0.2, -0.15) is 0 Å². The van der Waals surface area contributed by atoms with E-state index in [0.717, 1.165) is 13.1 Å². The highest BCUT2D eigenvalue weighted by Gasteiger charge is 2.20. The average Bonchev–Trinajstić information content (AvgIpc) is 2.74. The maximum absolute atomic E-state index is 11.5. The van der Waals surface area contributed by atoms with Gasteiger partial charge < -0.3 is 9.32 Å². The molecule has 0 bridgehead atoms. The van der Waals surface area contributed by atoms with E-state index in [9.17, 15) is 4.79 Å². The molecule has 0 spiro atoms. The number of carbonyl (C=O) groups is 1. The van der Waals surface area contributed by atoms with Gasteiger partial charge in [-0.25, -0.2) is 0 Å². The lowest BCUT2D eigenvalue weighted by atomic mass is 10.3. The molecule has 3 nitrogen and oxygen atoms in total. The van der Waals surface area contributed by atoms with Crippen LogP contribution < -0.4 is 4.90 Å². The molecule has 1 aromatic heterocycles. The van der Waals surface area contributed by atoms with E-state index in [1.807, 2.05) is 0 Å². The second-order valence-electron chi connectivity index (χ2n) is 3.53. The number of hydrogen-bond acceptors (Lipinski definition) is 2. The van der Waals surface area contributed by atoms with Crippen molar-refractivity contribution in [3.63, 3.8) is 0 Å². The van der Waals surface area contributed by atoms with E-state index >= 15 is 0 Å². The van der Waals surface area contributed by atoms with Crippen LogP contribution >= 0.6 is 0 Å². The number of quaternary nitrogens is 1. The van der Waals surface area contributed by atoms with Crippen LogP contribution in [0.3, 0.4) is 0 Å². The Labute approximate surface area is 77.3 Å². The predicted molar refractivity (Wildman–Crippen MR) is 47.8 cm³/mol. The van der Waals surface area contributed by atoms with Crippen molar-refractivity contribution in [2.24, 2.45) is 0 Å². The molecule has 1 fully saturated rings. The fraction of sp³-hybridized carbons (Fsp3) is 0.500. The summed E-state index contributed by atoms with van der Waals surface area (Å²) in [5.41, 5.74) is 0. The lowest BCUT2D eigenvalue weighted by molar-refractivity contribution is -0.878. The standard InChI is InChI=1S/C10H13NO2/c12-9(10-4-3-7-13-10)8-11-5-1-2-6-11/h3-4,7H,1-2,5-6,8H2/p+1. The highest BCUT2D eigenvalue weighted by Crippen LogP contribution is 1.99. The van der Waals surface area contributed by atoms with Gasteiger partial charge in [-0.1, -0.05) is 0 Å². The smallest absolute Gasteiger partial charge is 0.251 e. The van der Waals surface area contributed by atoms with Crippen molar-refractivity contribution in [3.05, 3.63) is 24.2 Å². The van der Waals surface area contributed by atoms with Crippen molar-refractivity contribution in [3.8, 4) is 0 Å². The van der Waals surface area contributed by atoms with Crippen LogP contribution in [0.1, 0.15) is 23.4 Å². The first-order chi connectivity index (χ1) is 6.36. The third-order valence-electron chi connectivity index (χ3n) is 2.52. The Morgan fingerprint density at radius 3 is 2.85 bits per heavy atom. The molecule has 1 aliphatic rings. The summed E-state index contributed by atoms with van der Waals surface area (Å²) in [4.78, 5) is 12.9. The number of hydrogen-bond donors (Lipinski definition) is 1. The van der Waals surface area contributed by atoms with Crippen LogP contribution in [0.4, 0.5) is 0 Å². The van der Waals surface area contributed by atoms with Gasteiger partial charge in [0.15, 0.2) is 5.76 Å². The van der Waals surface area contributed by atoms with Crippen LogP contribution in [0.5, 0.6) is 0 Å². The SMILES string of the molecule is O=C(C[NH+]1CCCC1)c1ccco1. The van der Waals surface area contributed by atoms with Gasteiger partial charge in [-0.15, -0.1) is 0 Å². The molecule has 0 unspecified atom stereocenters. The van der Waals surface area contributed by atoms with Gasteiger partial charge in [0.1, 0.15) is 6.54 Å². The number of furan rings is 1. The molecule has 1 aromatic rings. The quantitative estimate of drug-likeness (QED) is 0.671. The van der Waals surface area contributed by atoms with Crippen LogP contribution in [0.15, 0.2) is 22.8 Å². The Kier molecular flexibility index (Phi) is 2.45. The van der Waals surface area contributed by atoms with Crippen molar-refractivity contribution >= 4 is 5.78 Å². The highest BCUT2D eigenvalue weighted by atomic mass is 16.3. The van der Waals surface area contributed by atoms with Gasteiger partial charge in [-0.05, 0) is 12.1 Å². The Bertz CT molecular complexity index is 273. The number of rotatable bonds is 3. The number of Topliss-reactive ketones (excluding diaryl/α,β-unsaturated/α-hetero) is 1. The van der Waals surface area contributed by atoms with E-state index in [4.69, 9.17) is 4.42 Å². The van der Waals surface area contributed by atoms with Crippen LogP contribution in [0.25, 0.3) is 0 Å². The molecule has 0 aliphatic carbocycles. The fourth-order valence-electron chi connectivity index (χ4n) is 1.80. The summed E-state index contributed by atoms with van der Waals surface area (Å²) in [6, 6.07) is 3.49. The zero-order valence-corrected chi connectivity index (χ0v) is 7.58. The molecule has 2 heterocycles. The molecule has 0 amide bonds.